The van der Waals surface area contributed by atoms with Crippen molar-refractivity contribution in [3.05, 3.63) is 22.2 Å². The second kappa shape index (κ2) is 6.11. The van der Waals surface area contributed by atoms with Crippen LogP contribution in [0.2, 0.25) is 0 Å². The van der Waals surface area contributed by atoms with Crippen LogP contribution in [0.4, 0.5) is 11.4 Å². The molecule has 3 N–H and O–H groups in total. The standard InChI is InChI=1S/C12H19BrN2O/c1-8-6-12(10(13)7-11(8)14)15-9(2)4-5-16-3/h6-7,9,15H,4-5,14H2,1-3H3. The van der Waals surface area contributed by atoms with E-state index in [2.05, 4.69) is 34.2 Å². The first kappa shape index (κ1) is 13.3. The Bertz CT molecular complexity index is 355. The van der Waals surface area contributed by atoms with Gasteiger partial charge in [-0.3, -0.25) is 0 Å². The molecule has 4 heteroatoms. The molecule has 0 aliphatic carbocycles. The predicted octanol–water partition coefficient (Wildman–Crippen LogP) is 3.18. The van der Waals surface area contributed by atoms with Crippen molar-refractivity contribution in [2.75, 3.05) is 24.8 Å². The van der Waals surface area contributed by atoms with E-state index in [1.807, 2.05) is 13.0 Å². The van der Waals surface area contributed by atoms with Gasteiger partial charge in [0.1, 0.15) is 0 Å². The highest BCUT2D eigenvalue weighted by Gasteiger charge is 2.07. The lowest BCUT2D eigenvalue weighted by molar-refractivity contribution is 0.191. The number of anilines is 2. The summed E-state index contributed by atoms with van der Waals surface area (Å²) >= 11 is 3.50. The van der Waals surface area contributed by atoms with E-state index in [1.165, 1.54) is 0 Å². The minimum absolute atomic E-state index is 0.374. The zero-order valence-corrected chi connectivity index (χ0v) is 11.6. The third-order valence-corrected chi connectivity index (χ3v) is 3.17. The van der Waals surface area contributed by atoms with Crippen LogP contribution in [-0.2, 0) is 4.74 Å². The van der Waals surface area contributed by atoms with Crippen LogP contribution < -0.4 is 11.1 Å². The third kappa shape index (κ3) is 3.68. The summed E-state index contributed by atoms with van der Waals surface area (Å²) < 4.78 is 6.05. The first-order chi connectivity index (χ1) is 7.54. The molecule has 0 bridgehead atoms. The molecule has 1 unspecified atom stereocenters. The van der Waals surface area contributed by atoms with E-state index in [0.29, 0.717) is 6.04 Å². The second-order valence-corrected chi connectivity index (χ2v) is 4.87. The molecule has 0 spiro atoms. The molecular weight excluding hydrogens is 268 g/mol. The Morgan fingerprint density at radius 2 is 2.19 bits per heavy atom. The number of nitrogens with one attached hydrogen (secondary N) is 1. The molecule has 0 saturated carbocycles. The fourth-order valence-corrected chi connectivity index (χ4v) is 1.92. The number of hydrogen-bond acceptors (Lipinski definition) is 3. The predicted molar refractivity (Wildman–Crippen MR) is 72.9 cm³/mol. The van der Waals surface area contributed by atoms with Crippen molar-refractivity contribution in [3.63, 3.8) is 0 Å². The normalized spacial score (nSPS) is 12.5. The van der Waals surface area contributed by atoms with E-state index < -0.39 is 0 Å². The molecule has 0 heterocycles. The van der Waals surface area contributed by atoms with Crippen molar-refractivity contribution >= 4 is 27.3 Å². The zero-order chi connectivity index (χ0) is 12.1. The molecular formula is C12H19BrN2O. The number of ether oxygens (including phenoxy) is 1. The highest BCUT2D eigenvalue weighted by atomic mass is 79.9. The van der Waals surface area contributed by atoms with E-state index in [-0.39, 0.29) is 0 Å². The summed E-state index contributed by atoms with van der Waals surface area (Å²) in [5, 5.41) is 3.43. The molecule has 1 aromatic carbocycles. The van der Waals surface area contributed by atoms with Gasteiger partial charge in [-0.05, 0) is 53.9 Å². The average Bonchev–Trinajstić information content (AvgIpc) is 2.23. The maximum atomic E-state index is 5.82. The number of halogens is 1. The summed E-state index contributed by atoms with van der Waals surface area (Å²) in [6.07, 6.45) is 0.979. The van der Waals surface area contributed by atoms with Crippen LogP contribution in [0.3, 0.4) is 0 Å². The molecule has 0 saturated heterocycles. The van der Waals surface area contributed by atoms with Crippen LogP contribution in [0.25, 0.3) is 0 Å². The molecule has 1 aromatic rings. The van der Waals surface area contributed by atoms with Gasteiger partial charge >= 0.3 is 0 Å². The van der Waals surface area contributed by atoms with Gasteiger partial charge in [-0.25, -0.2) is 0 Å². The molecule has 1 rings (SSSR count). The van der Waals surface area contributed by atoms with Gasteiger partial charge in [0.15, 0.2) is 0 Å². The number of nitrogen functional groups attached to an aromatic ring is 1. The van der Waals surface area contributed by atoms with Gasteiger partial charge in [-0.1, -0.05) is 0 Å². The van der Waals surface area contributed by atoms with Gasteiger partial charge in [0.2, 0.25) is 0 Å². The average molecular weight is 287 g/mol. The molecule has 16 heavy (non-hydrogen) atoms. The summed E-state index contributed by atoms with van der Waals surface area (Å²) in [6, 6.07) is 4.36. The quantitative estimate of drug-likeness (QED) is 0.818. The molecule has 0 radical (unpaired) electrons. The summed E-state index contributed by atoms with van der Waals surface area (Å²) in [7, 11) is 1.72. The van der Waals surface area contributed by atoms with Gasteiger partial charge in [0.25, 0.3) is 0 Å². The first-order valence-corrected chi connectivity index (χ1v) is 6.15. The number of aryl methyl sites for hydroxylation is 1. The molecule has 0 amide bonds. The Labute approximate surface area is 105 Å². The smallest absolute Gasteiger partial charge is 0.0490 e. The second-order valence-electron chi connectivity index (χ2n) is 4.02. The first-order valence-electron chi connectivity index (χ1n) is 5.35. The van der Waals surface area contributed by atoms with Gasteiger partial charge < -0.3 is 15.8 Å². The minimum atomic E-state index is 0.374. The number of benzene rings is 1. The molecule has 1 atom stereocenters. The number of nitrogens with two attached hydrogens (primary N) is 1. The topological polar surface area (TPSA) is 47.3 Å². The molecule has 0 aliphatic rings. The highest BCUT2D eigenvalue weighted by Crippen LogP contribution is 2.28. The van der Waals surface area contributed by atoms with Crippen molar-refractivity contribution in [3.8, 4) is 0 Å². The molecule has 0 fully saturated rings. The van der Waals surface area contributed by atoms with Gasteiger partial charge in [-0.2, -0.15) is 0 Å². The maximum absolute atomic E-state index is 5.82. The Balaban J connectivity index is 2.69. The SMILES string of the molecule is COCCC(C)Nc1cc(C)c(N)cc1Br. The Morgan fingerprint density at radius 1 is 1.50 bits per heavy atom. The molecule has 0 aromatic heterocycles. The Kier molecular flexibility index (Phi) is 5.09. The van der Waals surface area contributed by atoms with Crippen molar-refractivity contribution < 1.29 is 4.74 Å². The van der Waals surface area contributed by atoms with E-state index in [0.717, 1.165) is 34.4 Å². The molecule has 0 aliphatic heterocycles. The largest absolute Gasteiger partial charge is 0.398 e. The minimum Gasteiger partial charge on any atom is -0.398 e. The third-order valence-electron chi connectivity index (χ3n) is 2.51. The number of rotatable bonds is 5. The number of hydrogen-bond donors (Lipinski definition) is 2. The lowest BCUT2D eigenvalue weighted by atomic mass is 10.1. The maximum Gasteiger partial charge on any atom is 0.0490 e. The lowest BCUT2D eigenvalue weighted by Crippen LogP contribution is -2.17. The molecule has 3 nitrogen and oxygen atoms in total. The van der Waals surface area contributed by atoms with Crippen LogP contribution in [0, 0.1) is 6.92 Å². The molecule has 90 valence electrons. The zero-order valence-electron chi connectivity index (χ0n) is 10.0. The van der Waals surface area contributed by atoms with E-state index in [1.54, 1.807) is 7.11 Å². The van der Waals surface area contributed by atoms with Crippen molar-refractivity contribution in [2.24, 2.45) is 0 Å². The Morgan fingerprint density at radius 3 is 2.81 bits per heavy atom. The Hall–Kier alpha value is -0.740. The van der Waals surface area contributed by atoms with Crippen LogP contribution >= 0.6 is 15.9 Å². The van der Waals surface area contributed by atoms with Crippen molar-refractivity contribution in [2.45, 2.75) is 26.3 Å². The summed E-state index contributed by atoms with van der Waals surface area (Å²) in [6.45, 7) is 4.91. The lowest BCUT2D eigenvalue weighted by Gasteiger charge is -2.17. The highest BCUT2D eigenvalue weighted by molar-refractivity contribution is 9.10. The fourth-order valence-electron chi connectivity index (χ4n) is 1.44. The van der Waals surface area contributed by atoms with Crippen molar-refractivity contribution in [1.29, 1.82) is 0 Å². The monoisotopic (exact) mass is 286 g/mol. The number of methoxy groups -OCH3 is 1. The summed E-state index contributed by atoms with van der Waals surface area (Å²) in [4.78, 5) is 0. The van der Waals surface area contributed by atoms with E-state index in [4.69, 9.17) is 10.5 Å². The fraction of sp³-hybridized carbons (Fsp3) is 0.500. The van der Waals surface area contributed by atoms with Gasteiger partial charge in [0.05, 0.1) is 0 Å². The van der Waals surface area contributed by atoms with Crippen LogP contribution in [0.1, 0.15) is 18.9 Å². The van der Waals surface area contributed by atoms with Crippen LogP contribution in [0.5, 0.6) is 0 Å². The summed E-state index contributed by atoms with van der Waals surface area (Å²) in [5.74, 6) is 0. The van der Waals surface area contributed by atoms with Gasteiger partial charge in [0, 0.05) is 35.6 Å². The van der Waals surface area contributed by atoms with Gasteiger partial charge in [-0.15, -0.1) is 0 Å². The summed E-state index contributed by atoms with van der Waals surface area (Å²) in [5.41, 5.74) is 8.80. The van der Waals surface area contributed by atoms with E-state index >= 15 is 0 Å². The van der Waals surface area contributed by atoms with Crippen LogP contribution in [0.15, 0.2) is 16.6 Å². The van der Waals surface area contributed by atoms with Crippen molar-refractivity contribution in [1.82, 2.24) is 0 Å². The van der Waals surface area contributed by atoms with Crippen LogP contribution in [-0.4, -0.2) is 19.8 Å². The van der Waals surface area contributed by atoms with E-state index in [9.17, 15) is 0 Å².